The van der Waals surface area contributed by atoms with Crippen molar-refractivity contribution in [1.82, 2.24) is 4.98 Å². The molecule has 0 fully saturated rings. The van der Waals surface area contributed by atoms with E-state index in [1.165, 1.54) is 11.3 Å². The zero-order chi connectivity index (χ0) is 12.3. The van der Waals surface area contributed by atoms with Crippen LogP contribution in [0, 0.1) is 0 Å². The Labute approximate surface area is 99.9 Å². The molecule has 1 aromatic heterocycles. The summed E-state index contributed by atoms with van der Waals surface area (Å²) in [5.74, 6) is -0.845. The first-order chi connectivity index (χ1) is 7.39. The average Bonchev–Trinajstić information content (AvgIpc) is 2.67. The van der Waals surface area contributed by atoms with Gasteiger partial charge in [-0.3, -0.25) is 4.79 Å². The molecule has 0 aliphatic carbocycles. The maximum absolute atomic E-state index is 11.1. The van der Waals surface area contributed by atoms with Gasteiger partial charge in [-0.05, 0) is 20.3 Å². The Bertz CT molecular complexity index is 374. The molecule has 5 heteroatoms. The summed E-state index contributed by atoms with van der Waals surface area (Å²) in [6.45, 7) is 6.38. The van der Waals surface area contributed by atoms with E-state index in [2.05, 4.69) is 11.9 Å². The fraction of sp³-hybridized carbons (Fsp3) is 0.636. The average molecular weight is 242 g/mol. The first-order valence-electron chi connectivity index (χ1n) is 5.30. The summed E-state index contributed by atoms with van der Waals surface area (Å²) in [5, 5.41) is 11.8. The zero-order valence-electron chi connectivity index (χ0n) is 10.1. The molecule has 1 rings (SSSR count). The number of aliphatic carboxylic acids is 1. The van der Waals surface area contributed by atoms with Crippen molar-refractivity contribution in [3.05, 3.63) is 11.1 Å². The van der Waals surface area contributed by atoms with Crippen molar-refractivity contribution in [3.8, 4) is 0 Å². The lowest BCUT2D eigenvalue weighted by Gasteiger charge is -2.17. The molecular formula is C11H18N2O2S. The third kappa shape index (κ3) is 2.52. The van der Waals surface area contributed by atoms with Gasteiger partial charge >= 0.3 is 5.97 Å². The van der Waals surface area contributed by atoms with Gasteiger partial charge in [0.2, 0.25) is 0 Å². The number of aromatic nitrogens is 1. The third-order valence-corrected chi connectivity index (χ3v) is 3.51. The van der Waals surface area contributed by atoms with E-state index >= 15 is 0 Å². The van der Waals surface area contributed by atoms with Gasteiger partial charge in [0.1, 0.15) is 5.41 Å². The molecule has 4 nitrogen and oxygen atoms in total. The smallest absolute Gasteiger partial charge is 0.315 e. The maximum Gasteiger partial charge on any atom is 0.315 e. The van der Waals surface area contributed by atoms with Crippen LogP contribution in [0.4, 0.5) is 5.13 Å². The number of nitrogens with zero attached hydrogens (tertiary/aromatic N) is 2. The van der Waals surface area contributed by atoms with Crippen LogP contribution in [0.3, 0.4) is 0 Å². The molecule has 0 spiro atoms. The molecule has 0 saturated heterocycles. The van der Waals surface area contributed by atoms with Crippen molar-refractivity contribution >= 4 is 22.4 Å². The van der Waals surface area contributed by atoms with Crippen LogP contribution < -0.4 is 4.90 Å². The van der Waals surface area contributed by atoms with E-state index < -0.39 is 11.4 Å². The molecule has 0 bridgehead atoms. The van der Waals surface area contributed by atoms with E-state index in [9.17, 15) is 4.79 Å². The number of carboxylic acid groups (broad SMARTS) is 1. The van der Waals surface area contributed by atoms with Gasteiger partial charge in [-0.1, -0.05) is 6.92 Å². The molecular weight excluding hydrogens is 224 g/mol. The molecule has 0 aliphatic rings. The third-order valence-electron chi connectivity index (χ3n) is 2.55. The molecule has 0 saturated carbocycles. The minimum absolute atomic E-state index is 0.628. The van der Waals surface area contributed by atoms with Crippen molar-refractivity contribution in [3.63, 3.8) is 0 Å². The number of hydrogen-bond acceptors (Lipinski definition) is 4. The predicted molar refractivity (Wildman–Crippen MR) is 66.3 cm³/mol. The van der Waals surface area contributed by atoms with Crippen molar-refractivity contribution in [2.45, 2.75) is 32.6 Å². The van der Waals surface area contributed by atoms with Gasteiger partial charge < -0.3 is 10.0 Å². The SMILES string of the molecule is CCCN(C)c1nc(C(C)(C)C(=O)O)cs1. The van der Waals surface area contributed by atoms with Gasteiger partial charge in [0.25, 0.3) is 0 Å². The van der Waals surface area contributed by atoms with E-state index in [1.807, 2.05) is 17.3 Å². The molecule has 0 amide bonds. The highest BCUT2D eigenvalue weighted by atomic mass is 32.1. The summed E-state index contributed by atoms with van der Waals surface area (Å²) < 4.78 is 0. The van der Waals surface area contributed by atoms with E-state index in [0.29, 0.717) is 5.69 Å². The molecule has 1 N–H and O–H groups in total. The van der Waals surface area contributed by atoms with Gasteiger partial charge in [0, 0.05) is 19.0 Å². The highest BCUT2D eigenvalue weighted by Gasteiger charge is 2.32. The molecule has 90 valence electrons. The summed E-state index contributed by atoms with van der Waals surface area (Å²) in [4.78, 5) is 17.5. The molecule has 1 aromatic rings. The largest absolute Gasteiger partial charge is 0.481 e. The van der Waals surface area contributed by atoms with E-state index in [4.69, 9.17) is 5.11 Å². The number of hydrogen-bond donors (Lipinski definition) is 1. The number of carbonyl (C=O) groups is 1. The fourth-order valence-electron chi connectivity index (χ4n) is 1.27. The summed E-state index contributed by atoms with van der Waals surface area (Å²) in [6.07, 6.45) is 1.05. The topological polar surface area (TPSA) is 53.4 Å². The minimum atomic E-state index is -0.915. The van der Waals surface area contributed by atoms with Crippen molar-refractivity contribution in [2.75, 3.05) is 18.5 Å². The summed E-state index contributed by atoms with van der Waals surface area (Å²) >= 11 is 1.49. The van der Waals surface area contributed by atoms with Gasteiger partial charge in [0.05, 0.1) is 5.69 Å². The molecule has 0 radical (unpaired) electrons. The first-order valence-corrected chi connectivity index (χ1v) is 6.18. The Kier molecular flexibility index (Phi) is 3.91. The van der Waals surface area contributed by atoms with E-state index in [1.54, 1.807) is 13.8 Å². The fourth-order valence-corrected chi connectivity index (χ4v) is 2.25. The van der Waals surface area contributed by atoms with Gasteiger partial charge in [-0.2, -0.15) is 0 Å². The quantitative estimate of drug-likeness (QED) is 0.861. The normalized spacial score (nSPS) is 11.5. The van der Waals surface area contributed by atoms with Crippen LogP contribution >= 0.6 is 11.3 Å². The van der Waals surface area contributed by atoms with Crippen molar-refractivity contribution in [2.24, 2.45) is 0 Å². The van der Waals surface area contributed by atoms with Crippen LogP contribution in [0.15, 0.2) is 5.38 Å². The highest BCUT2D eigenvalue weighted by molar-refractivity contribution is 7.13. The maximum atomic E-state index is 11.1. The van der Waals surface area contributed by atoms with E-state index in [-0.39, 0.29) is 0 Å². The number of anilines is 1. The van der Waals surface area contributed by atoms with Crippen LogP contribution in [0.5, 0.6) is 0 Å². The van der Waals surface area contributed by atoms with Crippen LogP contribution in [-0.2, 0) is 10.2 Å². The molecule has 0 unspecified atom stereocenters. The summed E-state index contributed by atoms with van der Waals surface area (Å²) in [7, 11) is 1.97. The standard InChI is InChI=1S/C11H18N2O2S/c1-5-6-13(4)10-12-8(7-16-10)11(2,3)9(14)15/h7H,5-6H2,1-4H3,(H,14,15). The molecule has 16 heavy (non-hydrogen) atoms. The first kappa shape index (κ1) is 13.0. The van der Waals surface area contributed by atoms with Crippen LogP contribution in [0.25, 0.3) is 0 Å². The van der Waals surface area contributed by atoms with Gasteiger partial charge in [0.15, 0.2) is 5.13 Å². The number of thiazole rings is 1. The monoisotopic (exact) mass is 242 g/mol. The predicted octanol–water partition coefficient (Wildman–Crippen LogP) is 2.35. The Morgan fingerprint density at radius 3 is 2.75 bits per heavy atom. The van der Waals surface area contributed by atoms with Crippen molar-refractivity contribution < 1.29 is 9.90 Å². The van der Waals surface area contributed by atoms with Crippen LogP contribution in [0.2, 0.25) is 0 Å². The summed E-state index contributed by atoms with van der Waals surface area (Å²) in [6, 6.07) is 0. The Balaban J connectivity index is 2.90. The second kappa shape index (κ2) is 4.82. The van der Waals surface area contributed by atoms with E-state index in [0.717, 1.165) is 18.1 Å². The molecule has 0 atom stereocenters. The second-order valence-corrected chi connectivity index (χ2v) is 5.20. The molecule has 1 heterocycles. The lowest BCUT2D eigenvalue weighted by molar-refractivity contribution is -0.142. The highest BCUT2D eigenvalue weighted by Crippen LogP contribution is 2.28. The minimum Gasteiger partial charge on any atom is -0.481 e. The lowest BCUT2D eigenvalue weighted by Crippen LogP contribution is -2.29. The molecule has 0 aliphatic heterocycles. The van der Waals surface area contributed by atoms with Crippen LogP contribution in [-0.4, -0.2) is 29.7 Å². The number of rotatable bonds is 5. The summed E-state index contributed by atoms with van der Waals surface area (Å²) in [5.41, 5.74) is -0.287. The Morgan fingerprint density at radius 2 is 2.25 bits per heavy atom. The second-order valence-electron chi connectivity index (χ2n) is 4.37. The lowest BCUT2D eigenvalue weighted by atomic mass is 9.90. The van der Waals surface area contributed by atoms with Crippen LogP contribution in [0.1, 0.15) is 32.9 Å². The van der Waals surface area contributed by atoms with Gasteiger partial charge in [-0.25, -0.2) is 4.98 Å². The number of carboxylic acids is 1. The molecule has 0 aromatic carbocycles. The van der Waals surface area contributed by atoms with Crippen molar-refractivity contribution in [1.29, 1.82) is 0 Å². The Hall–Kier alpha value is -1.10. The van der Waals surface area contributed by atoms with Gasteiger partial charge in [-0.15, -0.1) is 11.3 Å². The zero-order valence-corrected chi connectivity index (χ0v) is 11.0. The Morgan fingerprint density at radius 1 is 1.62 bits per heavy atom.